The Morgan fingerprint density at radius 2 is 1.48 bits per heavy atom. The van der Waals surface area contributed by atoms with E-state index in [2.05, 4.69) is 10.6 Å². The van der Waals surface area contributed by atoms with E-state index in [-0.39, 0.29) is 5.91 Å². The molecular formula is C19H18N4O2. The van der Waals surface area contributed by atoms with Gasteiger partial charge in [0, 0.05) is 24.1 Å². The predicted molar refractivity (Wildman–Crippen MR) is 97.6 cm³/mol. The average Bonchev–Trinajstić information content (AvgIpc) is 3.05. The zero-order valence-corrected chi connectivity index (χ0v) is 13.5. The Morgan fingerprint density at radius 3 is 2.12 bits per heavy atom. The quantitative estimate of drug-likeness (QED) is 0.668. The maximum atomic E-state index is 12.5. The number of urea groups is 1. The highest BCUT2D eigenvalue weighted by Crippen LogP contribution is 2.15. The van der Waals surface area contributed by atoms with E-state index in [4.69, 9.17) is 5.73 Å². The molecule has 6 nitrogen and oxygen atoms in total. The number of hydrogen-bond acceptors (Lipinski definition) is 2. The third kappa shape index (κ3) is 4.26. The van der Waals surface area contributed by atoms with Crippen molar-refractivity contribution in [2.45, 2.75) is 6.54 Å². The van der Waals surface area contributed by atoms with Crippen LogP contribution in [0.15, 0.2) is 72.9 Å². The van der Waals surface area contributed by atoms with Gasteiger partial charge >= 0.3 is 6.03 Å². The van der Waals surface area contributed by atoms with Gasteiger partial charge in [-0.15, -0.1) is 0 Å². The largest absolute Gasteiger partial charge is 0.351 e. The fourth-order valence-corrected chi connectivity index (χ4v) is 2.51. The molecule has 2 aromatic carbocycles. The lowest BCUT2D eigenvalue weighted by Gasteiger charge is -2.10. The molecule has 0 fully saturated rings. The number of aromatic nitrogens is 1. The van der Waals surface area contributed by atoms with Crippen LogP contribution in [0.3, 0.4) is 0 Å². The predicted octanol–water partition coefficient (Wildman–Crippen LogP) is 3.28. The monoisotopic (exact) mass is 334 g/mol. The molecule has 0 aliphatic heterocycles. The second-order valence-corrected chi connectivity index (χ2v) is 5.53. The Morgan fingerprint density at radius 1 is 0.840 bits per heavy atom. The summed E-state index contributed by atoms with van der Waals surface area (Å²) in [6.45, 7) is 0.623. The number of anilines is 2. The molecule has 0 radical (unpaired) electrons. The fraction of sp³-hybridized carbons (Fsp3) is 0.0526. The van der Waals surface area contributed by atoms with Crippen molar-refractivity contribution < 1.29 is 9.59 Å². The van der Waals surface area contributed by atoms with Gasteiger partial charge in [0.25, 0.3) is 5.91 Å². The first-order valence-electron chi connectivity index (χ1n) is 7.79. The van der Waals surface area contributed by atoms with E-state index in [1.54, 1.807) is 30.3 Å². The highest BCUT2D eigenvalue weighted by atomic mass is 16.2. The number of rotatable bonds is 5. The summed E-state index contributed by atoms with van der Waals surface area (Å²) in [6, 6.07) is 19.7. The average molecular weight is 334 g/mol. The summed E-state index contributed by atoms with van der Waals surface area (Å²) in [7, 11) is 0. The van der Waals surface area contributed by atoms with Crippen LogP contribution in [0.2, 0.25) is 0 Å². The summed E-state index contributed by atoms with van der Waals surface area (Å²) in [5.74, 6) is -0.198. The van der Waals surface area contributed by atoms with Gasteiger partial charge in [-0.2, -0.15) is 0 Å². The van der Waals surface area contributed by atoms with Crippen molar-refractivity contribution in [3.63, 3.8) is 0 Å². The second kappa shape index (κ2) is 7.35. The molecule has 0 atom stereocenters. The van der Waals surface area contributed by atoms with Crippen molar-refractivity contribution in [3.8, 4) is 0 Å². The summed E-state index contributed by atoms with van der Waals surface area (Å²) in [6.07, 6.45) is 1.88. The molecule has 0 saturated carbocycles. The molecule has 0 bridgehead atoms. The van der Waals surface area contributed by atoms with Crippen molar-refractivity contribution in [2.75, 3.05) is 10.6 Å². The number of hydrogen-bond donors (Lipinski definition) is 3. The lowest BCUT2D eigenvalue weighted by atomic mass is 10.2. The molecule has 6 heteroatoms. The minimum atomic E-state index is -0.629. The molecule has 0 unspecified atom stereocenters. The Hall–Kier alpha value is -3.54. The van der Waals surface area contributed by atoms with Crippen molar-refractivity contribution in [2.24, 2.45) is 5.73 Å². The highest BCUT2D eigenvalue weighted by Gasteiger charge is 2.11. The molecular weight excluding hydrogens is 316 g/mol. The first-order chi connectivity index (χ1) is 12.1. The van der Waals surface area contributed by atoms with E-state index < -0.39 is 6.03 Å². The van der Waals surface area contributed by atoms with Crippen LogP contribution in [0.25, 0.3) is 0 Å². The van der Waals surface area contributed by atoms with Gasteiger partial charge in [-0.25, -0.2) is 4.79 Å². The number of carbonyl (C=O) groups is 2. The van der Waals surface area contributed by atoms with Gasteiger partial charge in [0.2, 0.25) is 0 Å². The molecule has 0 saturated heterocycles. The fourth-order valence-electron chi connectivity index (χ4n) is 2.51. The van der Waals surface area contributed by atoms with Gasteiger partial charge < -0.3 is 20.9 Å². The molecule has 0 spiro atoms. The lowest BCUT2D eigenvalue weighted by molar-refractivity contribution is 0.101. The number of nitrogens with zero attached hydrogens (tertiary/aromatic N) is 1. The molecule has 1 heterocycles. The molecule has 0 aliphatic carbocycles. The van der Waals surface area contributed by atoms with Gasteiger partial charge in [-0.3, -0.25) is 4.79 Å². The van der Waals surface area contributed by atoms with Crippen molar-refractivity contribution in [1.82, 2.24) is 4.57 Å². The standard InChI is InChI=1S/C19H18N4O2/c20-19(25)22-16-10-8-15(9-11-16)21-18(24)17-7-4-12-23(17)13-14-5-2-1-3-6-14/h1-12H,13H2,(H,21,24)(H3,20,22,25). The number of nitrogens with two attached hydrogens (primary N) is 1. The summed E-state index contributed by atoms with van der Waals surface area (Å²) >= 11 is 0. The van der Waals surface area contributed by atoms with E-state index in [0.29, 0.717) is 23.6 Å². The minimum absolute atomic E-state index is 0.198. The smallest absolute Gasteiger partial charge is 0.316 e. The van der Waals surface area contributed by atoms with E-state index >= 15 is 0 Å². The van der Waals surface area contributed by atoms with E-state index in [1.807, 2.05) is 47.2 Å². The number of carbonyl (C=O) groups excluding carboxylic acids is 2. The number of benzene rings is 2. The summed E-state index contributed by atoms with van der Waals surface area (Å²) < 4.78 is 1.90. The number of primary amides is 1. The van der Waals surface area contributed by atoms with Crippen molar-refractivity contribution >= 4 is 23.3 Å². The number of amides is 3. The minimum Gasteiger partial charge on any atom is -0.351 e. The van der Waals surface area contributed by atoms with E-state index in [1.165, 1.54) is 0 Å². The molecule has 3 amide bonds. The first-order valence-corrected chi connectivity index (χ1v) is 7.79. The number of nitrogens with one attached hydrogen (secondary N) is 2. The van der Waals surface area contributed by atoms with Crippen LogP contribution in [0, 0.1) is 0 Å². The zero-order valence-electron chi connectivity index (χ0n) is 13.5. The van der Waals surface area contributed by atoms with Crippen molar-refractivity contribution in [1.29, 1.82) is 0 Å². The van der Waals surface area contributed by atoms with Gasteiger partial charge in [0.05, 0.1) is 0 Å². The Kier molecular flexibility index (Phi) is 4.80. The topological polar surface area (TPSA) is 89.2 Å². The molecule has 25 heavy (non-hydrogen) atoms. The van der Waals surface area contributed by atoms with Crippen molar-refractivity contribution in [3.05, 3.63) is 84.2 Å². The summed E-state index contributed by atoms with van der Waals surface area (Å²) in [4.78, 5) is 23.3. The van der Waals surface area contributed by atoms with Crippen LogP contribution in [-0.4, -0.2) is 16.5 Å². The third-order valence-corrected chi connectivity index (χ3v) is 3.67. The molecule has 3 aromatic rings. The molecule has 126 valence electrons. The van der Waals surface area contributed by atoms with E-state index in [0.717, 1.165) is 5.56 Å². The van der Waals surface area contributed by atoms with Crippen LogP contribution in [0.4, 0.5) is 16.2 Å². The third-order valence-electron chi connectivity index (χ3n) is 3.67. The van der Waals surface area contributed by atoms with Crippen LogP contribution < -0.4 is 16.4 Å². The summed E-state index contributed by atoms with van der Waals surface area (Å²) in [5.41, 5.74) is 7.96. The molecule has 3 rings (SSSR count). The lowest BCUT2D eigenvalue weighted by Crippen LogP contribution is -2.19. The van der Waals surface area contributed by atoms with Gasteiger partial charge in [-0.05, 0) is 42.0 Å². The van der Waals surface area contributed by atoms with Crippen LogP contribution >= 0.6 is 0 Å². The highest BCUT2D eigenvalue weighted by molar-refractivity contribution is 6.03. The first kappa shape index (κ1) is 16.3. The SMILES string of the molecule is NC(=O)Nc1ccc(NC(=O)c2cccn2Cc2ccccc2)cc1. The van der Waals surface area contributed by atoms with Crippen LogP contribution in [-0.2, 0) is 6.54 Å². The Bertz CT molecular complexity index is 870. The second-order valence-electron chi connectivity index (χ2n) is 5.53. The normalized spacial score (nSPS) is 10.2. The van der Waals surface area contributed by atoms with E-state index in [9.17, 15) is 9.59 Å². The Labute approximate surface area is 145 Å². The molecule has 4 N–H and O–H groups in total. The zero-order chi connectivity index (χ0) is 17.6. The van der Waals surface area contributed by atoms with Gasteiger partial charge in [0.15, 0.2) is 0 Å². The maximum absolute atomic E-state index is 12.5. The van der Waals surface area contributed by atoms with Gasteiger partial charge in [0.1, 0.15) is 5.69 Å². The molecule has 0 aliphatic rings. The van der Waals surface area contributed by atoms with Crippen LogP contribution in [0.1, 0.15) is 16.1 Å². The molecule has 1 aromatic heterocycles. The maximum Gasteiger partial charge on any atom is 0.316 e. The summed E-state index contributed by atoms with van der Waals surface area (Å²) in [5, 5.41) is 5.32. The van der Waals surface area contributed by atoms with Crippen LogP contribution in [0.5, 0.6) is 0 Å². The van der Waals surface area contributed by atoms with Gasteiger partial charge in [-0.1, -0.05) is 30.3 Å². The Balaban J connectivity index is 1.70.